The van der Waals surface area contributed by atoms with Crippen molar-refractivity contribution in [3.63, 3.8) is 0 Å². The van der Waals surface area contributed by atoms with E-state index in [1.165, 1.54) is 12.1 Å². The smallest absolute Gasteiger partial charge is 0.343 e. The molecule has 19 heavy (non-hydrogen) atoms. The van der Waals surface area contributed by atoms with E-state index in [4.69, 9.17) is 4.74 Å². The number of carbonyl (C=O) groups is 1. The van der Waals surface area contributed by atoms with Crippen LogP contribution < -0.4 is 4.74 Å². The van der Waals surface area contributed by atoms with Crippen LogP contribution in [0.25, 0.3) is 0 Å². The fourth-order valence-electron chi connectivity index (χ4n) is 1.50. The van der Waals surface area contributed by atoms with Gasteiger partial charge in [0.2, 0.25) is 6.17 Å². The van der Waals surface area contributed by atoms with E-state index < -0.39 is 18.2 Å². The van der Waals surface area contributed by atoms with E-state index in [-0.39, 0.29) is 6.61 Å². The van der Waals surface area contributed by atoms with Gasteiger partial charge in [-0.2, -0.15) is 0 Å². The van der Waals surface area contributed by atoms with Crippen molar-refractivity contribution in [1.29, 1.82) is 0 Å². The second-order valence-electron chi connectivity index (χ2n) is 4.02. The highest BCUT2D eigenvalue weighted by Gasteiger charge is 2.28. The number of halogens is 1. The van der Waals surface area contributed by atoms with Crippen LogP contribution in [0.4, 0.5) is 4.39 Å². The summed E-state index contributed by atoms with van der Waals surface area (Å²) in [5.41, 5.74) is 0.310. The molecule has 2 atom stereocenters. The summed E-state index contributed by atoms with van der Waals surface area (Å²) in [7, 11) is 0. The number of aliphatic hydroxyl groups excluding tert-OH is 1. The van der Waals surface area contributed by atoms with Gasteiger partial charge in [0.25, 0.3) is 0 Å². The van der Waals surface area contributed by atoms with Crippen LogP contribution in [-0.4, -0.2) is 30.5 Å². The van der Waals surface area contributed by atoms with Gasteiger partial charge in [-0.15, -0.1) is 0 Å². The fourth-order valence-corrected chi connectivity index (χ4v) is 1.50. The monoisotopic (exact) mass is 270 g/mol. The number of aliphatic hydroxyl groups is 1. The highest BCUT2D eigenvalue weighted by Crippen LogP contribution is 2.23. The maximum Gasteiger partial charge on any atom is 0.343 e. The Morgan fingerprint density at radius 2 is 1.95 bits per heavy atom. The standard InChI is InChI=1S/C14H19FO4/c1-3-9-19-11-7-5-10(6-8-11)13(16)12(15)14(17)18-4-2/h5-8,12-13,16H,3-4,9H2,1-2H3. The molecule has 1 aromatic rings. The maximum atomic E-state index is 13.6. The first kappa shape index (κ1) is 15.4. The van der Waals surface area contributed by atoms with Crippen LogP contribution in [0.15, 0.2) is 24.3 Å². The lowest BCUT2D eigenvalue weighted by molar-refractivity contribution is -0.153. The summed E-state index contributed by atoms with van der Waals surface area (Å²) < 4.78 is 23.5. The lowest BCUT2D eigenvalue weighted by Crippen LogP contribution is -2.26. The van der Waals surface area contributed by atoms with Gasteiger partial charge in [0.05, 0.1) is 13.2 Å². The zero-order valence-electron chi connectivity index (χ0n) is 11.1. The number of rotatable bonds is 7. The van der Waals surface area contributed by atoms with Crippen molar-refractivity contribution in [2.24, 2.45) is 0 Å². The van der Waals surface area contributed by atoms with Gasteiger partial charge >= 0.3 is 5.97 Å². The Labute approximate surface area is 112 Å². The number of hydrogen-bond donors (Lipinski definition) is 1. The minimum Gasteiger partial charge on any atom is -0.494 e. The average Bonchev–Trinajstić information content (AvgIpc) is 2.44. The van der Waals surface area contributed by atoms with Crippen molar-refractivity contribution in [1.82, 2.24) is 0 Å². The molecule has 0 fully saturated rings. The lowest BCUT2D eigenvalue weighted by atomic mass is 10.1. The van der Waals surface area contributed by atoms with E-state index >= 15 is 0 Å². The minimum atomic E-state index is -2.08. The quantitative estimate of drug-likeness (QED) is 0.773. The second-order valence-corrected chi connectivity index (χ2v) is 4.02. The summed E-state index contributed by atoms with van der Waals surface area (Å²) >= 11 is 0. The van der Waals surface area contributed by atoms with Gasteiger partial charge < -0.3 is 14.6 Å². The Hall–Kier alpha value is -1.62. The van der Waals surface area contributed by atoms with E-state index in [9.17, 15) is 14.3 Å². The highest BCUT2D eigenvalue weighted by atomic mass is 19.1. The molecule has 4 nitrogen and oxygen atoms in total. The molecule has 0 saturated heterocycles. The summed E-state index contributed by atoms with van der Waals surface area (Å²) in [6.45, 7) is 4.24. The van der Waals surface area contributed by atoms with Gasteiger partial charge in [-0.05, 0) is 31.0 Å². The molecule has 1 N–H and O–H groups in total. The van der Waals surface area contributed by atoms with E-state index in [0.717, 1.165) is 6.42 Å². The fraction of sp³-hybridized carbons (Fsp3) is 0.500. The molecule has 0 spiro atoms. The summed E-state index contributed by atoms with van der Waals surface area (Å²) in [5, 5.41) is 9.74. The van der Waals surface area contributed by atoms with E-state index in [1.54, 1.807) is 19.1 Å². The van der Waals surface area contributed by atoms with Gasteiger partial charge in [0.1, 0.15) is 11.9 Å². The second kappa shape index (κ2) is 7.74. The SMILES string of the molecule is CCCOc1ccc(C(O)C(F)C(=O)OCC)cc1. The van der Waals surface area contributed by atoms with E-state index in [2.05, 4.69) is 4.74 Å². The molecular formula is C14H19FO4. The summed E-state index contributed by atoms with van der Waals surface area (Å²) in [6, 6.07) is 6.32. The van der Waals surface area contributed by atoms with Crippen LogP contribution in [0.3, 0.4) is 0 Å². The predicted molar refractivity (Wildman–Crippen MR) is 68.7 cm³/mol. The maximum absolute atomic E-state index is 13.6. The molecule has 1 aromatic carbocycles. The molecule has 0 aromatic heterocycles. The zero-order valence-corrected chi connectivity index (χ0v) is 11.1. The third kappa shape index (κ3) is 4.52. The van der Waals surface area contributed by atoms with Crippen molar-refractivity contribution in [2.75, 3.05) is 13.2 Å². The molecule has 0 aliphatic carbocycles. The van der Waals surface area contributed by atoms with Gasteiger partial charge in [-0.3, -0.25) is 0 Å². The van der Waals surface area contributed by atoms with Gasteiger partial charge in [-0.25, -0.2) is 9.18 Å². The molecule has 0 radical (unpaired) electrons. The average molecular weight is 270 g/mol. The largest absolute Gasteiger partial charge is 0.494 e. The van der Waals surface area contributed by atoms with Crippen LogP contribution in [0, 0.1) is 0 Å². The Kier molecular flexibility index (Phi) is 6.29. The van der Waals surface area contributed by atoms with E-state index in [0.29, 0.717) is 17.9 Å². The molecule has 0 amide bonds. The minimum absolute atomic E-state index is 0.0791. The Bertz CT molecular complexity index is 391. The van der Waals surface area contributed by atoms with Gasteiger partial charge in [0, 0.05) is 0 Å². The van der Waals surface area contributed by atoms with Crippen molar-refractivity contribution >= 4 is 5.97 Å². The number of benzene rings is 1. The first-order valence-corrected chi connectivity index (χ1v) is 6.31. The van der Waals surface area contributed by atoms with Crippen molar-refractivity contribution in [3.05, 3.63) is 29.8 Å². The molecule has 0 bridgehead atoms. The number of ether oxygens (including phenoxy) is 2. The number of esters is 1. The Balaban J connectivity index is 2.66. The Morgan fingerprint density at radius 3 is 2.47 bits per heavy atom. The zero-order chi connectivity index (χ0) is 14.3. The van der Waals surface area contributed by atoms with Crippen LogP contribution in [-0.2, 0) is 9.53 Å². The van der Waals surface area contributed by atoms with E-state index in [1.807, 2.05) is 6.92 Å². The molecular weight excluding hydrogens is 251 g/mol. The molecule has 5 heteroatoms. The van der Waals surface area contributed by atoms with Crippen molar-refractivity contribution in [2.45, 2.75) is 32.5 Å². The third-order valence-corrected chi connectivity index (χ3v) is 2.48. The molecule has 1 rings (SSSR count). The van der Waals surface area contributed by atoms with Gasteiger partial charge in [0.15, 0.2) is 0 Å². The third-order valence-electron chi connectivity index (χ3n) is 2.48. The summed E-state index contributed by atoms with van der Waals surface area (Å²) in [6.07, 6.45) is -2.72. The van der Waals surface area contributed by atoms with Crippen LogP contribution >= 0.6 is 0 Å². The summed E-state index contributed by atoms with van der Waals surface area (Å²) in [5.74, 6) is -0.411. The molecule has 0 aliphatic rings. The van der Waals surface area contributed by atoms with Crippen LogP contribution in [0.2, 0.25) is 0 Å². The number of carbonyl (C=O) groups excluding carboxylic acids is 1. The van der Waals surface area contributed by atoms with Crippen LogP contribution in [0.1, 0.15) is 31.9 Å². The number of alkyl halides is 1. The van der Waals surface area contributed by atoms with Crippen molar-refractivity contribution < 1.29 is 23.8 Å². The normalized spacial score (nSPS) is 13.7. The molecule has 2 unspecified atom stereocenters. The lowest BCUT2D eigenvalue weighted by Gasteiger charge is -2.15. The topological polar surface area (TPSA) is 55.8 Å². The Morgan fingerprint density at radius 1 is 1.32 bits per heavy atom. The molecule has 0 saturated carbocycles. The van der Waals surface area contributed by atoms with Crippen molar-refractivity contribution in [3.8, 4) is 5.75 Å². The highest BCUT2D eigenvalue weighted by molar-refractivity contribution is 5.75. The molecule has 106 valence electrons. The first-order valence-electron chi connectivity index (χ1n) is 6.31. The van der Waals surface area contributed by atoms with Crippen LogP contribution in [0.5, 0.6) is 5.75 Å². The predicted octanol–water partition coefficient (Wildman–Crippen LogP) is 2.41. The molecule has 0 aliphatic heterocycles. The summed E-state index contributed by atoms with van der Waals surface area (Å²) in [4.78, 5) is 11.2. The molecule has 0 heterocycles. The first-order chi connectivity index (χ1) is 9.10. The van der Waals surface area contributed by atoms with Gasteiger partial charge in [-0.1, -0.05) is 19.1 Å². The number of hydrogen-bond acceptors (Lipinski definition) is 4.